The molecule has 1 fully saturated rings. The number of hydrogen-bond acceptors (Lipinski definition) is 3. The SMILES string of the molecule is CC1CCCC(OCCCC(=O)c2cccs2)C1. The van der Waals surface area contributed by atoms with Gasteiger partial charge in [0.2, 0.25) is 0 Å². The Hall–Kier alpha value is -0.670. The van der Waals surface area contributed by atoms with Crippen LogP contribution in [0.25, 0.3) is 0 Å². The first kappa shape index (κ1) is 13.8. The molecule has 2 unspecified atom stereocenters. The molecular weight excluding hydrogens is 244 g/mol. The van der Waals surface area contributed by atoms with Crippen molar-refractivity contribution in [1.82, 2.24) is 0 Å². The van der Waals surface area contributed by atoms with E-state index in [9.17, 15) is 4.79 Å². The highest BCUT2D eigenvalue weighted by atomic mass is 32.1. The fourth-order valence-electron chi connectivity index (χ4n) is 2.57. The van der Waals surface area contributed by atoms with Crippen molar-refractivity contribution < 1.29 is 9.53 Å². The molecule has 1 aliphatic carbocycles. The van der Waals surface area contributed by atoms with E-state index in [1.54, 1.807) is 0 Å². The number of ketones is 1. The van der Waals surface area contributed by atoms with Crippen LogP contribution in [0.5, 0.6) is 0 Å². The smallest absolute Gasteiger partial charge is 0.172 e. The topological polar surface area (TPSA) is 26.3 Å². The summed E-state index contributed by atoms with van der Waals surface area (Å²) in [5.41, 5.74) is 0. The van der Waals surface area contributed by atoms with Gasteiger partial charge in [0.25, 0.3) is 0 Å². The summed E-state index contributed by atoms with van der Waals surface area (Å²) < 4.78 is 5.87. The minimum absolute atomic E-state index is 0.255. The maximum Gasteiger partial charge on any atom is 0.172 e. The first-order valence-corrected chi connectivity index (χ1v) is 7.82. The molecule has 1 heterocycles. The molecule has 0 bridgehead atoms. The van der Waals surface area contributed by atoms with Crippen molar-refractivity contribution in [2.24, 2.45) is 5.92 Å². The predicted molar refractivity (Wildman–Crippen MR) is 75.3 cm³/mol. The summed E-state index contributed by atoms with van der Waals surface area (Å²) in [7, 11) is 0. The quantitative estimate of drug-likeness (QED) is 0.566. The van der Waals surface area contributed by atoms with Crippen LogP contribution in [0.4, 0.5) is 0 Å². The van der Waals surface area contributed by atoms with E-state index < -0.39 is 0 Å². The van der Waals surface area contributed by atoms with Gasteiger partial charge >= 0.3 is 0 Å². The van der Waals surface area contributed by atoms with Gasteiger partial charge in [-0.15, -0.1) is 11.3 Å². The molecule has 0 N–H and O–H groups in total. The Morgan fingerprint density at radius 1 is 1.50 bits per heavy atom. The van der Waals surface area contributed by atoms with Gasteiger partial charge in [0.1, 0.15) is 0 Å². The lowest BCUT2D eigenvalue weighted by Gasteiger charge is -2.26. The Morgan fingerprint density at radius 2 is 2.39 bits per heavy atom. The van der Waals surface area contributed by atoms with E-state index in [2.05, 4.69) is 6.92 Å². The summed E-state index contributed by atoms with van der Waals surface area (Å²) in [6.07, 6.45) is 6.92. The van der Waals surface area contributed by atoms with Crippen LogP contribution in [0.3, 0.4) is 0 Å². The summed E-state index contributed by atoms with van der Waals surface area (Å²) in [5, 5.41) is 1.95. The summed E-state index contributed by atoms with van der Waals surface area (Å²) in [6, 6.07) is 3.83. The van der Waals surface area contributed by atoms with Gasteiger partial charge in [-0.1, -0.05) is 25.8 Å². The molecule has 100 valence electrons. The second kappa shape index (κ2) is 7.05. The highest BCUT2D eigenvalue weighted by Crippen LogP contribution is 2.25. The van der Waals surface area contributed by atoms with E-state index in [0.717, 1.165) is 23.8 Å². The van der Waals surface area contributed by atoms with Crippen LogP contribution < -0.4 is 0 Å². The highest BCUT2D eigenvalue weighted by Gasteiger charge is 2.19. The Labute approximate surface area is 113 Å². The van der Waals surface area contributed by atoms with Crippen LogP contribution in [-0.2, 0) is 4.74 Å². The van der Waals surface area contributed by atoms with Gasteiger partial charge in [0.15, 0.2) is 5.78 Å². The van der Waals surface area contributed by atoms with Crippen molar-refractivity contribution in [2.45, 2.75) is 51.6 Å². The van der Waals surface area contributed by atoms with Crippen molar-refractivity contribution >= 4 is 17.1 Å². The third-order valence-electron chi connectivity index (χ3n) is 3.59. The fourth-order valence-corrected chi connectivity index (χ4v) is 3.27. The van der Waals surface area contributed by atoms with Crippen LogP contribution in [0.2, 0.25) is 0 Å². The molecule has 1 aromatic heterocycles. The van der Waals surface area contributed by atoms with E-state index in [1.807, 2.05) is 17.5 Å². The van der Waals surface area contributed by atoms with Crippen LogP contribution in [0.15, 0.2) is 17.5 Å². The minimum atomic E-state index is 0.255. The lowest BCUT2D eigenvalue weighted by Crippen LogP contribution is -2.22. The summed E-state index contributed by atoms with van der Waals surface area (Å²) in [5.74, 6) is 1.06. The first-order chi connectivity index (χ1) is 8.75. The van der Waals surface area contributed by atoms with Gasteiger partial charge < -0.3 is 4.74 Å². The number of rotatable bonds is 6. The summed E-state index contributed by atoms with van der Waals surface area (Å²) in [6.45, 7) is 3.03. The van der Waals surface area contributed by atoms with Crippen molar-refractivity contribution in [3.05, 3.63) is 22.4 Å². The van der Waals surface area contributed by atoms with Crippen molar-refractivity contribution in [3.63, 3.8) is 0 Å². The van der Waals surface area contributed by atoms with E-state index in [4.69, 9.17) is 4.74 Å². The van der Waals surface area contributed by atoms with E-state index >= 15 is 0 Å². The summed E-state index contributed by atoms with van der Waals surface area (Å²) in [4.78, 5) is 12.6. The van der Waals surface area contributed by atoms with Gasteiger partial charge in [-0.2, -0.15) is 0 Å². The van der Waals surface area contributed by atoms with Gasteiger partial charge in [-0.3, -0.25) is 4.79 Å². The highest BCUT2D eigenvalue weighted by molar-refractivity contribution is 7.12. The maximum atomic E-state index is 11.8. The van der Waals surface area contributed by atoms with Gasteiger partial charge in [0.05, 0.1) is 11.0 Å². The Kier molecular flexibility index (Phi) is 5.39. The van der Waals surface area contributed by atoms with E-state index in [-0.39, 0.29) is 5.78 Å². The molecule has 0 saturated heterocycles. The largest absolute Gasteiger partial charge is 0.378 e. The molecule has 2 nitrogen and oxygen atoms in total. The number of carbonyl (C=O) groups is 1. The minimum Gasteiger partial charge on any atom is -0.378 e. The molecule has 0 amide bonds. The molecule has 1 saturated carbocycles. The molecule has 0 aliphatic heterocycles. The fraction of sp³-hybridized carbons (Fsp3) is 0.667. The Morgan fingerprint density at radius 3 is 3.11 bits per heavy atom. The predicted octanol–water partition coefficient (Wildman–Crippen LogP) is 4.31. The molecule has 1 aromatic rings. The molecule has 0 spiro atoms. The number of thiophene rings is 1. The molecule has 2 atom stereocenters. The van der Waals surface area contributed by atoms with Gasteiger partial charge in [-0.25, -0.2) is 0 Å². The number of Topliss-reactive ketones (excluding diaryl/α,β-unsaturated/α-hetero) is 1. The summed E-state index contributed by atoms with van der Waals surface area (Å²) >= 11 is 1.53. The standard InChI is InChI=1S/C15H22O2S/c1-12-5-2-6-13(11-12)17-9-3-7-14(16)15-8-4-10-18-15/h4,8,10,12-13H,2-3,5-7,9,11H2,1H3. The molecule has 1 aliphatic rings. The van der Waals surface area contributed by atoms with Crippen LogP contribution in [0.1, 0.15) is 55.1 Å². The van der Waals surface area contributed by atoms with Crippen LogP contribution >= 0.6 is 11.3 Å². The molecule has 3 heteroatoms. The molecule has 2 rings (SSSR count). The number of ether oxygens (including phenoxy) is 1. The van der Waals surface area contributed by atoms with E-state index in [0.29, 0.717) is 12.5 Å². The zero-order valence-electron chi connectivity index (χ0n) is 11.1. The zero-order chi connectivity index (χ0) is 12.8. The van der Waals surface area contributed by atoms with Crippen molar-refractivity contribution in [2.75, 3.05) is 6.61 Å². The molecule has 0 aromatic carbocycles. The lowest BCUT2D eigenvalue weighted by atomic mass is 9.89. The third-order valence-corrected chi connectivity index (χ3v) is 4.50. The van der Waals surface area contributed by atoms with Crippen LogP contribution in [0, 0.1) is 5.92 Å². The average Bonchev–Trinajstić information content (AvgIpc) is 2.88. The van der Waals surface area contributed by atoms with Gasteiger partial charge in [-0.05, 0) is 36.6 Å². The van der Waals surface area contributed by atoms with Crippen molar-refractivity contribution in [1.29, 1.82) is 0 Å². The average molecular weight is 266 g/mol. The Balaban J connectivity index is 1.60. The second-order valence-electron chi connectivity index (χ2n) is 5.27. The molecular formula is C15H22O2S. The Bertz CT molecular complexity index is 359. The van der Waals surface area contributed by atoms with Crippen LogP contribution in [-0.4, -0.2) is 18.5 Å². The monoisotopic (exact) mass is 266 g/mol. The molecule has 18 heavy (non-hydrogen) atoms. The van der Waals surface area contributed by atoms with Gasteiger partial charge in [0, 0.05) is 13.0 Å². The lowest BCUT2D eigenvalue weighted by molar-refractivity contribution is 0.0140. The molecule has 0 radical (unpaired) electrons. The maximum absolute atomic E-state index is 11.8. The number of carbonyl (C=O) groups excluding carboxylic acids is 1. The third kappa shape index (κ3) is 4.21. The number of hydrogen-bond donors (Lipinski definition) is 0. The van der Waals surface area contributed by atoms with E-state index in [1.165, 1.54) is 37.0 Å². The zero-order valence-corrected chi connectivity index (χ0v) is 11.9. The second-order valence-corrected chi connectivity index (χ2v) is 6.22. The van der Waals surface area contributed by atoms with Crippen molar-refractivity contribution in [3.8, 4) is 0 Å². The first-order valence-electron chi connectivity index (χ1n) is 6.94. The normalized spacial score (nSPS) is 24.1.